The van der Waals surface area contributed by atoms with Crippen LogP contribution in [0.2, 0.25) is 0 Å². The summed E-state index contributed by atoms with van der Waals surface area (Å²) in [6.45, 7) is 1.09. The first-order valence-corrected chi connectivity index (χ1v) is 4.37. The quantitative estimate of drug-likeness (QED) is 0.542. The van der Waals surface area contributed by atoms with Crippen LogP contribution in [0.1, 0.15) is 30.5 Å². The van der Waals surface area contributed by atoms with Gasteiger partial charge >= 0.3 is 0 Å². The highest BCUT2D eigenvalue weighted by Gasteiger charge is 2.28. The van der Waals surface area contributed by atoms with Crippen molar-refractivity contribution in [2.75, 3.05) is 6.54 Å². The second kappa shape index (κ2) is 3.58. The molecule has 0 saturated heterocycles. The lowest BCUT2D eigenvalue weighted by Gasteiger charge is -1.91. The molecule has 2 rings (SSSR count). The summed E-state index contributed by atoms with van der Waals surface area (Å²) >= 11 is 0. The van der Waals surface area contributed by atoms with Crippen molar-refractivity contribution in [3.8, 4) is 12.3 Å². The molecule has 0 atom stereocenters. The molecule has 0 spiro atoms. The molecule has 0 radical (unpaired) electrons. The minimum absolute atomic E-state index is 0.529. The molecule has 68 valence electrons. The fourth-order valence-electron chi connectivity index (χ4n) is 1.09. The Bertz CT molecular complexity index is 322. The van der Waals surface area contributed by atoms with Gasteiger partial charge in [-0.1, -0.05) is 11.1 Å². The molecule has 1 saturated carbocycles. The van der Waals surface area contributed by atoms with Crippen molar-refractivity contribution in [2.45, 2.75) is 25.3 Å². The lowest BCUT2D eigenvalue weighted by molar-refractivity contribution is 0.365. The molecule has 0 bridgehead atoms. The SMILES string of the molecule is C#CCNCc1nc(C2CC2)no1. The molecule has 1 fully saturated rings. The summed E-state index contributed by atoms with van der Waals surface area (Å²) in [5.41, 5.74) is 0. The number of nitrogens with zero attached hydrogens (tertiary/aromatic N) is 2. The van der Waals surface area contributed by atoms with Crippen LogP contribution >= 0.6 is 0 Å². The highest BCUT2D eigenvalue weighted by atomic mass is 16.5. The van der Waals surface area contributed by atoms with Gasteiger partial charge in [0.2, 0.25) is 5.89 Å². The summed E-state index contributed by atoms with van der Waals surface area (Å²) in [4.78, 5) is 4.24. The zero-order valence-corrected chi connectivity index (χ0v) is 7.29. The predicted octanol–water partition coefficient (Wildman–Crippen LogP) is 0.670. The third-order valence-electron chi connectivity index (χ3n) is 1.93. The topological polar surface area (TPSA) is 51.0 Å². The van der Waals surface area contributed by atoms with Crippen LogP contribution in [0.3, 0.4) is 0 Å². The summed E-state index contributed by atoms with van der Waals surface area (Å²) < 4.78 is 5.02. The second-order valence-electron chi connectivity index (χ2n) is 3.13. The van der Waals surface area contributed by atoms with E-state index in [1.807, 2.05) is 0 Å². The van der Waals surface area contributed by atoms with E-state index >= 15 is 0 Å². The molecule has 0 aromatic carbocycles. The normalized spacial score (nSPS) is 15.6. The van der Waals surface area contributed by atoms with Crippen LogP contribution in [0.4, 0.5) is 0 Å². The van der Waals surface area contributed by atoms with Gasteiger partial charge in [0.05, 0.1) is 13.1 Å². The Labute approximate surface area is 76.7 Å². The molecule has 1 aromatic rings. The number of hydrogen-bond donors (Lipinski definition) is 1. The highest BCUT2D eigenvalue weighted by molar-refractivity contribution is 5.03. The maximum Gasteiger partial charge on any atom is 0.240 e. The Hall–Kier alpha value is -1.34. The van der Waals surface area contributed by atoms with Gasteiger partial charge in [0.25, 0.3) is 0 Å². The number of rotatable bonds is 4. The van der Waals surface area contributed by atoms with Crippen LogP contribution in [0.5, 0.6) is 0 Å². The minimum atomic E-state index is 0.529. The monoisotopic (exact) mass is 177 g/mol. The van der Waals surface area contributed by atoms with Crippen LogP contribution in [0.15, 0.2) is 4.52 Å². The van der Waals surface area contributed by atoms with E-state index in [2.05, 4.69) is 21.4 Å². The van der Waals surface area contributed by atoms with Gasteiger partial charge in [-0.15, -0.1) is 6.42 Å². The predicted molar refractivity (Wildman–Crippen MR) is 46.8 cm³/mol. The molecule has 4 nitrogen and oxygen atoms in total. The van der Waals surface area contributed by atoms with Crippen molar-refractivity contribution in [3.05, 3.63) is 11.7 Å². The molecule has 4 heteroatoms. The number of terminal acetylenes is 1. The number of aromatic nitrogens is 2. The van der Waals surface area contributed by atoms with Crippen LogP contribution in [0.25, 0.3) is 0 Å². The molecule has 13 heavy (non-hydrogen) atoms. The van der Waals surface area contributed by atoms with Gasteiger partial charge in [0, 0.05) is 5.92 Å². The average molecular weight is 177 g/mol. The molecule has 1 heterocycles. The van der Waals surface area contributed by atoms with Gasteiger partial charge in [-0.2, -0.15) is 4.98 Å². The Balaban J connectivity index is 1.86. The summed E-state index contributed by atoms with van der Waals surface area (Å²) in [7, 11) is 0. The largest absolute Gasteiger partial charge is 0.338 e. The first kappa shape index (κ1) is 8.27. The van der Waals surface area contributed by atoms with E-state index in [1.54, 1.807) is 0 Å². The van der Waals surface area contributed by atoms with Crippen LogP contribution in [0, 0.1) is 12.3 Å². The Morgan fingerprint density at radius 3 is 3.15 bits per heavy atom. The number of nitrogens with one attached hydrogen (secondary N) is 1. The third-order valence-corrected chi connectivity index (χ3v) is 1.93. The molecule has 1 N–H and O–H groups in total. The smallest absolute Gasteiger partial charge is 0.240 e. The lowest BCUT2D eigenvalue weighted by Crippen LogP contribution is -2.13. The first-order valence-electron chi connectivity index (χ1n) is 4.37. The van der Waals surface area contributed by atoms with Crippen LogP contribution in [-0.2, 0) is 6.54 Å². The highest BCUT2D eigenvalue weighted by Crippen LogP contribution is 2.37. The Morgan fingerprint density at radius 2 is 2.46 bits per heavy atom. The summed E-state index contributed by atoms with van der Waals surface area (Å²) in [6, 6.07) is 0. The van der Waals surface area contributed by atoms with E-state index in [4.69, 9.17) is 10.9 Å². The van der Waals surface area contributed by atoms with Crippen molar-refractivity contribution >= 4 is 0 Å². The van der Waals surface area contributed by atoms with Crippen molar-refractivity contribution in [3.63, 3.8) is 0 Å². The van der Waals surface area contributed by atoms with E-state index in [-0.39, 0.29) is 0 Å². The van der Waals surface area contributed by atoms with Gasteiger partial charge < -0.3 is 4.52 Å². The number of hydrogen-bond acceptors (Lipinski definition) is 4. The summed E-state index contributed by atoms with van der Waals surface area (Å²) in [5, 5.41) is 6.87. The maximum absolute atomic E-state index is 5.08. The van der Waals surface area contributed by atoms with Crippen LogP contribution in [-0.4, -0.2) is 16.7 Å². The third kappa shape index (κ3) is 2.07. The fraction of sp³-hybridized carbons (Fsp3) is 0.556. The molecule has 0 amide bonds. The average Bonchev–Trinajstić information content (AvgIpc) is 2.88. The van der Waals surface area contributed by atoms with Crippen molar-refractivity contribution in [2.24, 2.45) is 0 Å². The van der Waals surface area contributed by atoms with Crippen molar-refractivity contribution < 1.29 is 4.52 Å². The molecule has 0 aliphatic heterocycles. The molecule has 1 aliphatic rings. The molecule has 1 aliphatic carbocycles. The van der Waals surface area contributed by atoms with E-state index in [1.165, 1.54) is 12.8 Å². The van der Waals surface area contributed by atoms with E-state index in [9.17, 15) is 0 Å². The second-order valence-corrected chi connectivity index (χ2v) is 3.13. The first-order chi connectivity index (χ1) is 6.40. The summed E-state index contributed by atoms with van der Waals surface area (Å²) in [6.07, 6.45) is 7.46. The van der Waals surface area contributed by atoms with Crippen molar-refractivity contribution in [1.82, 2.24) is 15.5 Å². The Morgan fingerprint density at radius 1 is 1.62 bits per heavy atom. The van der Waals surface area contributed by atoms with Crippen molar-refractivity contribution in [1.29, 1.82) is 0 Å². The molecular formula is C9H11N3O. The van der Waals surface area contributed by atoms with E-state index in [0.717, 1.165) is 5.82 Å². The van der Waals surface area contributed by atoms with Crippen LogP contribution < -0.4 is 5.32 Å². The zero-order valence-electron chi connectivity index (χ0n) is 7.29. The van der Waals surface area contributed by atoms with Gasteiger partial charge in [0.15, 0.2) is 5.82 Å². The Kier molecular flexibility index (Phi) is 2.28. The standard InChI is InChI=1S/C9H11N3O/c1-2-5-10-6-8-11-9(12-13-8)7-3-4-7/h1,7,10H,3-6H2. The maximum atomic E-state index is 5.08. The van der Waals surface area contributed by atoms with Gasteiger partial charge in [-0.05, 0) is 12.8 Å². The fourth-order valence-corrected chi connectivity index (χ4v) is 1.09. The molecule has 1 aromatic heterocycles. The lowest BCUT2D eigenvalue weighted by atomic mass is 10.4. The van der Waals surface area contributed by atoms with Gasteiger partial charge in [0.1, 0.15) is 0 Å². The van der Waals surface area contributed by atoms with E-state index < -0.39 is 0 Å². The molecule has 0 unspecified atom stereocenters. The van der Waals surface area contributed by atoms with Gasteiger partial charge in [-0.25, -0.2) is 0 Å². The van der Waals surface area contributed by atoms with E-state index in [0.29, 0.717) is 24.9 Å². The summed E-state index contributed by atoms with van der Waals surface area (Å²) in [5.74, 6) is 4.49. The van der Waals surface area contributed by atoms with Gasteiger partial charge in [-0.3, -0.25) is 5.32 Å². The minimum Gasteiger partial charge on any atom is -0.338 e. The molecular weight excluding hydrogens is 166 g/mol. The zero-order chi connectivity index (χ0) is 9.10.